The zero-order chi connectivity index (χ0) is 15.6. The van der Waals surface area contributed by atoms with Crippen molar-refractivity contribution in [1.82, 2.24) is 5.32 Å². The van der Waals surface area contributed by atoms with Crippen LogP contribution in [0.15, 0.2) is 18.2 Å². The molecule has 1 nitrogen and oxygen atoms in total. The number of nitrogens with one attached hydrogen (secondary N) is 1. The van der Waals surface area contributed by atoms with Crippen LogP contribution in [-0.2, 0) is 0 Å². The van der Waals surface area contributed by atoms with Gasteiger partial charge in [-0.3, -0.25) is 0 Å². The van der Waals surface area contributed by atoms with Crippen LogP contribution in [0.1, 0.15) is 70.5 Å². The van der Waals surface area contributed by atoms with Gasteiger partial charge in [0.25, 0.3) is 0 Å². The van der Waals surface area contributed by atoms with Crippen molar-refractivity contribution in [3.8, 4) is 0 Å². The normalized spacial score (nSPS) is 24.9. The minimum absolute atomic E-state index is 0.0995. The Balaban J connectivity index is 1.89. The van der Waals surface area contributed by atoms with Gasteiger partial charge in [0.15, 0.2) is 0 Å². The van der Waals surface area contributed by atoms with E-state index < -0.39 is 0 Å². The van der Waals surface area contributed by atoms with Gasteiger partial charge in [-0.15, -0.1) is 0 Å². The van der Waals surface area contributed by atoms with E-state index >= 15 is 0 Å². The van der Waals surface area contributed by atoms with Gasteiger partial charge in [-0.1, -0.05) is 32.9 Å². The molecule has 0 bridgehead atoms. The first-order valence-electron chi connectivity index (χ1n) is 8.29. The molecule has 1 aromatic rings. The Morgan fingerprint density at radius 2 is 1.76 bits per heavy atom. The third-order valence-corrected chi connectivity index (χ3v) is 5.13. The van der Waals surface area contributed by atoms with Crippen LogP contribution in [0.3, 0.4) is 0 Å². The Kier molecular flexibility index (Phi) is 5.08. The molecule has 0 radical (unpaired) electrons. The van der Waals surface area contributed by atoms with E-state index in [-0.39, 0.29) is 11.9 Å². The summed E-state index contributed by atoms with van der Waals surface area (Å²) in [5.41, 5.74) is 2.20. The minimum atomic E-state index is -0.0995. The minimum Gasteiger partial charge on any atom is -0.307 e. The quantitative estimate of drug-likeness (QED) is 0.787. The van der Waals surface area contributed by atoms with Gasteiger partial charge in [-0.2, -0.15) is 0 Å². The Morgan fingerprint density at radius 3 is 2.29 bits per heavy atom. The van der Waals surface area contributed by atoms with Gasteiger partial charge in [0.2, 0.25) is 0 Å². The van der Waals surface area contributed by atoms with Crippen LogP contribution in [0.2, 0.25) is 0 Å². The molecule has 21 heavy (non-hydrogen) atoms. The first-order chi connectivity index (χ1) is 9.77. The number of halogens is 1. The third kappa shape index (κ3) is 4.29. The maximum atomic E-state index is 13.7. The largest absolute Gasteiger partial charge is 0.307 e. The van der Waals surface area contributed by atoms with E-state index in [2.05, 4.69) is 33.0 Å². The highest BCUT2D eigenvalue weighted by Gasteiger charge is 2.30. The molecule has 2 rings (SSSR count). The first-order valence-corrected chi connectivity index (χ1v) is 8.29. The maximum absolute atomic E-state index is 13.7. The molecule has 0 spiro atoms. The second kappa shape index (κ2) is 6.48. The molecule has 1 aliphatic carbocycles. The molecule has 1 unspecified atom stereocenters. The molecule has 0 aromatic heterocycles. The van der Waals surface area contributed by atoms with Crippen LogP contribution in [-0.4, -0.2) is 6.04 Å². The van der Waals surface area contributed by atoms with E-state index in [9.17, 15) is 4.39 Å². The molecule has 118 valence electrons. The number of benzene rings is 1. The van der Waals surface area contributed by atoms with E-state index in [1.165, 1.54) is 25.7 Å². The molecule has 1 aliphatic rings. The van der Waals surface area contributed by atoms with E-state index in [1.54, 1.807) is 6.07 Å². The van der Waals surface area contributed by atoms with E-state index in [4.69, 9.17) is 0 Å². The maximum Gasteiger partial charge on any atom is 0.126 e. The number of hydrogen-bond acceptors (Lipinski definition) is 1. The second-order valence-electron chi connectivity index (χ2n) is 7.81. The van der Waals surface area contributed by atoms with E-state index in [0.717, 1.165) is 17.0 Å². The summed E-state index contributed by atoms with van der Waals surface area (Å²) < 4.78 is 13.7. The van der Waals surface area contributed by atoms with Gasteiger partial charge in [-0.25, -0.2) is 4.39 Å². The van der Waals surface area contributed by atoms with Crippen LogP contribution in [0.5, 0.6) is 0 Å². The summed E-state index contributed by atoms with van der Waals surface area (Å²) >= 11 is 0. The summed E-state index contributed by atoms with van der Waals surface area (Å²) in [6, 6.07) is 6.38. The Bertz CT molecular complexity index is 467. The molecule has 1 N–H and O–H groups in total. The lowest BCUT2D eigenvalue weighted by Gasteiger charge is -2.38. The van der Waals surface area contributed by atoms with Crippen LogP contribution in [0, 0.1) is 24.1 Å². The predicted octanol–water partition coefficient (Wildman–Crippen LogP) is 5.39. The van der Waals surface area contributed by atoms with E-state index in [1.807, 2.05) is 19.1 Å². The van der Waals surface area contributed by atoms with E-state index in [0.29, 0.717) is 11.5 Å². The monoisotopic (exact) mass is 291 g/mol. The molecular weight excluding hydrogens is 261 g/mol. The number of rotatable bonds is 3. The van der Waals surface area contributed by atoms with Gasteiger partial charge in [0.05, 0.1) is 0 Å². The third-order valence-electron chi connectivity index (χ3n) is 5.13. The molecule has 1 atom stereocenters. The van der Waals surface area contributed by atoms with Crippen molar-refractivity contribution in [3.63, 3.8) is 0 Å². The van der Waals surface area contributed by atoms with Crippen LogP contribution >= 0.6 is 0 Å². The van der Waals surface area contributed by atoms with Crippen molar-refractivity contribution in [1.29, 1.82) is 0 Å². The summed E-state index contributed by atoms with van der Waals surface area (Å²) in [6.45, 7) is 11.0. The highest BCUT2D eigenvalue weighted by molar-refractivity contribution is 5.25. The van der Waals surface area contributed by atoms with Gasteiger partial charge < -0.3 is 5.32 Å². The summed E-state index contributed by atoms with van der Waals surface area (Å²) in [4.78, 5) is 0. The highest BCUT2D eigenvalue weighted by atomic mass is 19.1. The molecule has 0 aliphatic heterocycles. The lowest BCUT2D eigenvalue weighted by molar-refractivity contribution is 0.157. The van der Waals surface area contributed by atoms with Gasteiger partial charge in [-0.05, 0) is 68.1 Å². The van der Waals surface area contributed by atoms with Gasteiger partial charge >= 0.3 is 0 Å². The highest BCUT2D eigenvalue weighted by Crippen LogP contribution is 2.38. The Labute approximate surface area is 129 Å². The fourth-order valence-electron chi connectivity index (χ4n) is 3.45. The zero-order valence-electron chi connectivity index (χ0n) is 14.2. The van der Waals surface area contributed by atoms with Gasteiger partial charge in [0, 0.05) is 12.1 Å². The first kappa shape index (κ1) is 16.5. The standard InChI is InChI=1S/C19H30FN/c1-13-6-7-15(12-18(13)20)14(2)21-17-10-8-16(9-11-17)19(3,4)5/h6-7,12,14,16-17,21H,8-11H2,1-5H3. The van der Waals surface area contributed by atoms with Crippen LogP contribution in [0.4, 0.5) is 4.39 Å². The summed E-state index contributed by atoms with van der Waals surface area (Å²) in [5, 5.41) is 3.69. The molecule has 1 saturated carbocycles. The topological polar surface area (TPSA) is 12.0 Å². The summed E-state index contributed by atoms with van der Waals surface area (Å²) in [7, 11) is 0. The Hall–Kier alpha value is -0.890. The van der Waals surface area contributed by atoms with Crippen molar-refractivity contribution >= 4 is 0 Å². The van der Waals surface area contributed by atoms with Crippen molar-refractivity contribution < 1.29 is 4.39 Å². The van der Waals surface area contributed by atoms with Crippen molar-refractivity contribution in [3.05, 3.63) is 35.1 Å². The molecule has 0 heterocycles. The average Bonchev–Trinajstić information content (AvgIpc) is 2.41. The molecular formula is C19H30FN. The average molecular weight is 291 g/mol. The Morgan fingerprint density at radius 1 is 1.14 bits per heavy atom. The molecule has 0 amide bonds. The smallest absolute Gasteiger partial charge is 0.126 e. The van der Waals surface area contributed by atoms with Crippen molar-refractivity contribution in [2.24, 2.45) is 11.3 Å². The van der Waals surface area contributed by atoms with Crippen LogP contribution < -0.4 is 5.32 Å². The van der Waals surface area contributed by atoms with Crippen molar-refractivity contribution in [2.45, 2.75) is 72.4 Å². The number of hydrogen-bond donors (Lipinski definition) is 1. The zero-order valence-corrected chi connectivity index (χ0v) is 14.2. The summed E-state index contributed by atoms with van der Waals surface area (Å²) in [5.74, 6) is 0.736. The molecule has 1 fully saturated rings. The fourth-order valence-corrected chi connectivity index (χ4v) is 3.45. The fraction of sp³-hybridized carbons (Fsp3) is 0.684. The van der Waals surface area contributed by atoms with Crippen LogP contribution in [0.25, 0.3) is 0 Å². The lowest BCUT2D eigenvalue weighted by Crippen LogP contribution is -2.37. The second-order valence-corrected chi connectivity index (χ2v) is 7.81. The molecule has 1 aromatic carbocycles. The SMILES string of the molecule is Cc1ccc(C(C)NC2CCC(C(C)(C)C)CC2)cc1F. The summed E-state index contributed by atoms with van der Waals surface area (Å²) in [6.07, 6.45) is 5.08. The predicted molar refractivity (Wildman–Crippen MR) is 87.9 cm³/mol. The lowest BCUT2D eigenvalue weighted by atomic mass is 9.71. The number of aryl methyl sites for hydroxylation is 1. The van der Waals surface area contributed by atoms with Gasteiger partial charge in [0.1, 0.15) is 5.82 Å². The van der Waals surface area contributed by atoms with Crippen molar-refractivity contribution in [2.75, 3.05) is 0 Å². The molecule has 2 heteroatoms. The molecule has 0 saturated heterocycles.